The van der Waals surface area contributed by atoms with Crippen LogP contribution in [0.15, 0.2) is 47.5 Å². The standard InChI is InChI=1S/C28H32ClN3O5/c1-6-28(3,4)37-27(35)24(14-19-11-12-32(30-19)20-8-9-20)31-16-25(36-5)23(15-26(31)34)22-13-18(29)7-10-21(22)17(2)33/h7,10-13,15-16,20,24H,6,8-9,14H2,1-5H3. The van der Waals surface area contributed by atoms with Crippen molar-refractivity contribution in [2.75, 3.05) is 7.11 Å². The van der Waals surface area contributed by atoms with E-state index in [0.29, 0.717) is 45.6 Å². The van der Waals surface area contributed by atoms with E-state index in [-0.39, 0.29) is 12.2 Å². The van der Waals surface area contributed by atoms with Crippen LogP contribution in [0.5, 0.6) is 5.75 Å². The van der Waals surface area contributed by atoms with Crippen LogP contribution >= 0.6 is 11.6 Å². The molecule has 1 unspecified atom stereocenters. The summed E-state index contributed by atoms with van der Waals surface area (Å²) in [7, 11) is 1.47. The maximum Gasteiger partial charge on any atom is 0.330 e. The Morgan fingerprint density at radius 1 is 1.19 bits per heavy atom. The lowest BCUT2D eigenvalue weighted by Crippen LogP contribution is -2.37. The molecule has 1 fully saturated rings. The third kappa shape index (κ3) is 5.96. The molecule has 0 bridgehead atoms. The van der Waals surface area contributed by atoms with Crippen molar-refractivity contribution in [3.05, 3.63) is 69.4 Å². The van der Waals surface area contributed by atoms with Crippen LogP contribution in [-0.4, -0.2) is 38.8 Å². The molecule has 0 amide bonds. The summed E-state index contributed by atoms with van der Waals surface area (Å²) >= 11 is 6.22. The normalized spacial score (nSPS) is 14.3. The summed E-state index contributed by atoms with van der Waals surface area (Å²) in [4.78, 5) is 39.2. The molecule has 2 aromatic heterocycles. The van der Waals surface area contributed by atoms with Crippen molar-refractivity contribution in [3.8, 4) is 16.9 Å². The van der Waals surface area contributed by atoms with Gasteiger partial charge in [0.05, 0.1) is 25.0 Å². The highest BCUT2D eigenvalue weighted by molar-refractivity contribution is 6.31. The highest BCUT2D eigenvalue weighted by Crippen LogP contribution is 2.35. The van der Waals surface area contributed by atoms with Crippen LogP contribution in [0.4, 0.5) is 0 Å². The van der Waals surface area contributed by atoms with Crippen LogP contribution in [0.2, 0.25) is 5.02 Å². The van der Waals surface area contributed by atoms with Crippen LogP contribution in [0.1, 0.15) is 75.1 Å². The summed E-state index contributed by atoms with van der Waals surface area (Å²) in [6.45, 7) is 7.04. The molecule has 2 heterocycles. The van der Waals surface area contributed by atoms with E-state index in [4.69, 9.17) is 21.1 Å². The molecule has 1 atom stereocenters. The minimum Gasteiger partial charge on any atom is -0.495 e. The predicted octanol–water partition coefficient (Wildman–Crippen LogP) is 5.43. The van der Waals surface area contributed by atoms with Gasteiger partial charge in [0.25, 0.3) is 5.56 Å². The molecule has 0 radical (unpaired) electrons. The van der Waals surface area contributed by atoms with Gasteiger partial charge in [0.1, 0.15) is 17.4 Å². The zero-order valence-corrected chi connectivity index (χ0v) is 22.5. The van der Waals surface area contributed by atoms with Gasteiger partial charge in [-0.2, -0.15) is 5.10 Å². The van der Waals surface area contributed by atoms with Gasteiger partial charge in [-0.3, -0.25) is 18.8 Å². The minimum absolute atomic E-state index is 0.174. The largest absolute Gasteiger partial charge is 0.495 e. The second-order valence-corrected chi connectivity index (χ2v) is 10.5. The number of ketones is 1. The molecular weight excluding hydrogens is 494 g/mol. The molecule has 196 valence electrons. The van der Waals surface area contributed by atoms with Gasteiger partial charge in [0.15, 0.2) is 5.78 Å². The highest BCUT2D eigenvalue weighted by Gasteiger charge is 2.32. The summed E-state index contributed by atoms with van der Waals surface area (Å²) in [6.07, 6.45) is 6.35. The number of pyridine rings is 1. The van der Waals surface area contributed by atoms with Crippen molar-refractivity contribution in [1.29, 1.82) is 0 Å². The monoisotopic (exact) mass is 525 g/mol. The molecule has 0 aliphatic heterocycles. The number of Topliss-reactive ketones (excluding diaryl/α,β-unsaturated/α-hetero) is 1. The number of carbonyl (C=O) groups is 2. The molecular formula is C28H32ClN3O5. The first kappa shape index (κ1) is 26.7. The first-order chi connectivity index (χ1) is 17.5. The fourth-order valence-electron chi connectivity index (χ4n) is 4.13. The molecule has 4 rings (SSSR count). The van der Waals surface area contributed by atoms with Gasteiger partial charge in [0.2, 0.25) is 0 Å². The van der Waals surface area contributed by atoms with E-state index in [1.807, 2.05) is 37.7 Å². The number of halogens is 1. The number of hydrogen-bond acceptors (Lipinski definition) is 6. The van der Waals surface area contributed by atoms with E-state index in [1.54, 1.807) is 18.2 Å². The molecule has 37 heavy (non-hydrogen) atoms. The van der Waals surface area contributed by atoms with Gasteiger partial charge in [0, 0.05) is 34.8 Å². The average Bonchev–Trinajstić information content (AvgIpc) is 3.60. The summed E-state index contributed by atoms with van der Waals surface area (Å²) in [5, 5.41) is 5.04. The Bertz CT molecular complexity index is 1390. The Morgan fingerprint density at radius 2 is 1.92 bits per heavy atom. The molecule has 0 N–H and O–H groups in total. The Morgan fingerprint density at radius 3 is 2.54 bits per heavy atom. The number of nitrogens with zero attached hydrogens (tertiary/aromatic N) is 3. The number of ether oxygens (including phenoxy) is 2. The molecule has 9 heteroatoms. The third-order valence-corrected chi connectivity index (χ3v) is 6.97. The predicted molar refractivity (Wildman–Crippen MR) is 141 cm³/mol. The number of hydrogen-bond donors (Lipinski definition) is 0. The van der Waals surface area contributed by atoms with Crippen molar-refractivity contribution < 1.29 is 19.1 Å². The number of aromatic nitrogens is 3. The highest BCUT2D eigenvalue weighted by atomic mass is 35.5. The van der Waals surface area contributed by atoms with Gasteiger partial charge in [-0.1, -0.05) is 18.5 Å². The Balaban J connectivity index is 1.80. The lowest BCUT2D eigenvalue weighted by Gasteiger charge is -2.27. The maximum atomic E-state index is 13.5. The molecule has 1 aliphatic rings. The van der Waals surface area contributed by atoms with E-state index in [1.165, 1.54) is 30.9 Å². The van der Waals surface area contributed by atoms with Crippen LogP contribution in [-0.2, 0) is 16.0 Å². The van der Waals surface area contributed by atoms with Gasteiger partial charge < -0.3 is 9.47 Å². The second kappa shape index (κ2) is 10.5. The smallest absolute Gasteiger partial charge is 0.330 e. The van der Waals surface area contributed by atoms with Crippen LogP contribution in [0.3, 0.4) is 0 Å². The summed E-state index contributed by atoms with van der Waals surface area (Å²) in [5.41, 5.74) is 0.847. The Kier molecular flexibility index (Phi) is 7.59. The number of rotatable bonds is 10. The average molecular weight is 526 g/mol. The summed E-state index contributed by atoms with van der Waals surface area (Å²) in [6, 6.07) is 7.53. The van der Waals surface area contributed by atoms with E-state index < -0.39 is 23.2 Å². The SMILES string of the molecule is CCC(C)(C)OC(=O)C(Cc1ccn(C2CC2)n1)n1cc(OC)c(-c2cc(Cl)ccc2C(C)=O)cc1=O. The van der Waals surface area contributed by atoms with Crippen molar-refractivity contribution in [1.82, 2.24) is 14.3 Å². The lowest BCUT2D eigenvalue weighted by atomic mass is 9.97. The second-order valence-electron chi connectivity index (χ2n) is 10.0. The number of esters is 1. The zero-order valence-electron chi connectivity index (χ0n) is 21.8. The Labute approximate surface area is 221 Å². The fourth-order valence-corrected chi connectivity index (χ4v) is 4.30. The van der Waals surface area contributed by atoms with Crippen molar-refractivity contribution in [2.45, 2.75) is 71.1 Å². The quantitative estimate of drug-likeness (QED) is 0.259. The maximum absolute atomic E-state index is 13.5. The first-order valence-electron chi connectivity index (χ1n) is 12.4. The third-order valence-electron chi connectivity index (χ3n) is 6.74. The fraction of sp³-hybridized carbons (Fsp3) is 0.429. The van der Waals surface area contributed by atoms with Crippen LogP contribution in [0.25, 0.3) is 11.1 Å². The van der Waals surface area contributed by atoms with Gasteiger partial charge in [-0.05, 0) is 69.9 Å². The molecule has 1 saturated carbocycles. The molecule has 3 aromatic rings. The van der Waals surface area contributed by atoms with Gasteiger partial charge >= 0.3 is 5.97 Å². The van der Waals surface area contributed by atoms with Crippen molar-refractivity contribution in [3.63, 3.8) is 0 Å². The van der Waals surface area contributed by atoms with E-state index in [0.717, 1.165) is 12.8 Å². The van der Waals surface area contributed by atoms with Gasteiger partial charge in [-0.25, -0.2) is 4.79 Å². The minimum atomic E-state index is -0.963. The topological polar surface area (TPSA) is 92.4 Å². The van der Waals surface area contributed by atoms with E-state index in [9.17, 15) is 14.4 Å². The number of methoxy groups -OCH3 is 1. The molecule has 0 saturated heterocycles. The number of carbonyl (C=O) groups excluding carboxylic acids is 2. The van der Waals surface area contributed by atoms with Crippen LogP contribution in [0, 0.1) is 0 Å². The molecule has 1 aliphatic carbocycles. The van der Waals surface area contributed by atoms with Crippen molar-refractivity contribution in [2.24, 2.45) is 0 Å². The summed E-state index contributed by atoms with van der Waals surface area (Å²) in [5.74, 6) is -0.385. The van der Waals surface area contributed by atoms with Gasteiger partial charge in [-0.15, -0.1) is 0 Å². The molecule has 1 aromatic carbocycles. The molecule has 8 nitrogen and oxygen atoms in total. The van der Waals surface area contributed by atoms with Crippen molar-refractivity contribution >= 4 is 23.4 Å². The first-order valence-corrected chi connectivity index (χ1v) is 12.8. The zero-order chi connectivity index (χ0) is 26.9. The van der Waals surface area contributed by atoms with E-state index in [2.05, 4.69) is 5.10 Å². The molecule has 0 spiro atoms. The van der Waals surface area contributed by atoms with Crippen LogP contribution < -0.4 is 10.3 Å². The summed E-state index contributed by atoms with van der Waals surface area (Å²) < 4.78 is 14.7. The van der Waals surface area contributed by atoms with E-state index >= 15 is 0 Å². The number of benzene rings is 1. The lowest BCUT2D eigenvalue weighted by molar-refractivity contribution is -0.161. The Hall–Kier alpha value is -3.39.